The van der Waals surface area contributed by atoms with Gasteiger partial charge in [0.1, 0.15) is 11.5 Å². The fraction of sp³-hybridized carbons (Fsp3) is 0.500. The number of nitrogens with two attached hydrogens (primary N) is 1. The Hall–Kier alpha value is -2.28. The largest absolute Gasteiger partial charge is 0.497 e. The summed E-state index contributed by atoms with van der Waals surface area (Å²) in [5.41, 5.74) is 6.01. The van der Waals surface area contributed by atoms with Crippen LogP contribution < -0.4 is 20.5 Å². The van der Waals surface area contributed by atoms with Crippen LogP contribution in [0.1, 0.15) is 30.9 Å². The molecule has 7 heteroatoms. The summed E-state index contributed by atoms with van der Waals surface area (Å²) in [6, 6.07) is 5.08. The van der Waals surface area contributed by atoms with Gasteiger partial charge in [-0.3, -0.25) is 15.0 Å². The standard InChI is InChI=1S/C16H23N3O4/c1-22-11-5-6-14(23-2)12(10-11)13-4-3-8-19(13)9-7-15(20)18-16(17)21/h5-6,10,13H,3-4,7-9H2,1-2H3,(H3,17,18,20,21)/t13-/m1/s1. The van der Waals surface area contributed by atoms with Crippen molar-refractivity contribution in [3.63, 3.8) is 0 Å². The average molecular weight is 321 g/mol. The summed E-state index contributed by atoms with van der Waals surface area (Å²) in [6.45, 7) is 1.46. The zero-order chi connectivity index (χ0) is 16.8. The maximum absolute atomic E-state index is 11.6. The number of urea groups is 1. The Labute approximate surface area is 135 Å². The van der Waals surface area contributed by atoms with E-state index in [2.05, 4.69) is 10.2 Å². The minimum atomic E-state index is -0.817. The van der Waals surface area contributed by atoms with E-state index in [1.54, 1.807) is 14.2 Å². The monoisotopic (exact) mass is 321 g/mol. The first kappa shape index (κ1) is 17.1. The van der Waals surface area contributed by atoms with E-state index in [1.165, 1.54) is 0 Å². The number of carbonyl (C=O) groups excluding carboxylic acids is 2. The molecule has 1 aromatic rings. The van der Waals surface area contributed by atoms with Crippen molar-refractivity contribution in [3.05, 3.63) is 23.8 Å². The summed E-state index contributed by atoms with van der Waals surface area (Å²) in [5.74, 6) is 1.23. The minimum Gasteiger partial charge on any atom is -0.497 e. The summed E-state index contributed by atoms with van der Waals surface area (Å²) < 4.78 is 10.8. The summed E-state index contributed by atoms with van der Waals surface area (Å²) in [4.78, 5) is 24.5. The van der Waals surface area contributed by atoms with Crippen molar-refractivity contribution < 1.29 is 19.1 Å². The van der Waals surface area contributed by atoms with Gasteiger partial charge in [0, 0.05) is 24.6 Å². The van der Waals surface area contributed by atoms with Crippen molar-refractivity contribution in [2.24, 2.45) is 5.73 Å². The van der Waals surface area contributed by atoms with Crippen molar-refractivity contribution >= 4 is 11.9 Å². The molecule has 0 aromatic heterocycles. The smallest absolute Gasteiger partial charge is 0.318 e. The quantitative estimate of drug-likeness (QED) is 0.826. The van der Waals surface area contributed by atoms with Crippen LogP contribution in [-0.4, -0.2) is 44.1 Å². The molecule has 0 spiro atoms. The van der Waals surface area contributed by atoms with E-state index >= 15 is 0 Å². The third-order valence-electron chi connectivity index (χ3n) is 4.05. The first-order chi connectivity index (χ1) is 11.0. The van der Waals surface area contributed by atoms with E-state index in [0.717, 1.165) is 36.4 Å². The van der Waals surface area contributed by atoms with Gasteiger partial charge in [0.2, 0.25) is 5.91 Å². The lowest BCUT2D eigenvalue weighted by Crippen LogP contribution is -2.37. The molecule has 0 aliphatic carbocycles. The summed E-state index contributed by atoms with van der Waals surface area (Å²) >= 11 is 0. The molecular weight excluding hydrogens is 298 g/mol. The highest BCUT2D eigenvalue weighted by atomic mass is 16.5. The lowest BCUT2D eigenvalue weighted by atomic mass is 10.0. The number of likely N-dealkylation sites (tertiary alicyclic amines) is 1. The predicted molar refractivity (Wildman–Crippen MR) is 85.4 cm³/mol. The number of nitrogens with zero attached hydrogens (tertiary/aromatic N) is 1. The van der Waals surface area contributed by atoms with Gasteiger partial charge in [-0.1, -0.05) is 0 Å². The molecular formula is C16H23N3O4. The molecule has 0 bridgehead atoms. The Morgan fingerprint density at radius 2 is 2.13 bits per heavy atom. The number of ether oxygens (including phenoxy) is 2. The molecule has 1 atom stereocenters. The predicted octanol–water partition coefficient (Wildman–Crippen LogP) is 1.43. The van der Waals surface area contributed by atoms with Gasteiger partial charge in [-0.25, -0.2) is 4.79 Å². The molecule has 3 N–H and O–H groups in total. The summed E-state index contributed by atoms with van der Waals surface area (Å²) in [7, 11) is 3.27. The maximum Gasteiger partial charge on any atom is 0.318 e. The molecule has 0 saturated carbocycles. The van der Waals surface area contributed by atoms with Gasteiger partial charge in [-0.05, 0) is 37.6 Å². The number of benzene rings is 1. The van der Waals surface area contributed by atoms with Crippen LogP contribution in [0.2, 0.25) is 0 Å². The normalized spacial score (nSPS) is 17.7. The fourth-order valence-corrected chi connectivity index (χ4v) is 2.99. The van der Waals surface area contributed by atoms with Gasteiger partial charge in [0.25, 0.3) is 0 Å². The Morgan fingerprint density at radius 1 is 1.35 bits per heavy atom. The van der Waals surface area contributed by atoms with Crippen LogP contribution in [0.25, 0.3) is 0 Å². The molecule has 126 valence electrons. The second-order valence-electron chi connectivity index (χ2n) is 5.46. The lowest BCUT2D eigenvalue weighted by Gasteiger charge is -2.26. The molecule has 1 fully saturated rings. The van der Waals surface area contributed by atoms with Crippen LogP contribution in [0, 0.1) is 0 Å². The van der Waals surface area contributed by atoms with E-state index in [-0.39, 0.29) is 18.4 Å². The number of rotatable bonds is 6. The van der Waals surface area contributed by atoms with E-state index in [0.29, 0.717) is 6.54 Å². The van der Waals surface area contributed by atoms with Crippen LogP contribution in [-0.2, 0) is 4.79 Å². The highest BCUT2D eigenvalue weighted by Gasteiger charge is 2.28. The number of carbonyl (C=O) groups is 2. The van der Waals surface area contributed by atoms with Crippen molar-refractivity contribution in [2.75, 3.05) is 27.3 Å². The second kappa shape index (κ2) is 7.82. The molecule has 1 heterocycles. The van der Waals surface area contributed by atoms with E-state index < -0.39 is 6.03 Å². The molecule has 23 heavy (non-hydrogen) atoms. The molecule has 1 aromatic carbocycles. The molecule has 0 radical (unpaired) electrons. The number of hydrogen-bond donors (Lipinski definition) is 2. The summed E-state index contributed by atoms with van der Waals surface area (Å²) in [5, 5.41) is 2.09. The third-order valence-corrected chi connectivity index (χ3v) is 4.05. The molecule has 1 saturated heterocycles. The number of amides is 3. The average Bonchev–Trinajstić information content (AvgIpc) is 3.00. The fourth-order valence-electron chi connectivity index (χ4n) is 2.99. The number of nitrogens with one attached hydrogen (secondary N) is 1. The van der Waals surface area contributed by atoms with E-state index in [1.807, 2.05) is 18.2 Å². The molecule has 1 aliphatic rings. The number of hydrogen-bond acceptors (Lipinski definition) is 5. The summed E-state index contributed by atoms with van der Waals surface area (Å²) in [6.07, 6.45) is 2.26. The van der Waals surface area contributed by atoms with Crippen molar-refractivity contribution in [2.45, 2.75) is 25.3 Å². The maximum atomic E-state index is 11.6. The van der Waals surface area contributed by atoms with Crippen molar-refractivity contribution in [3.8, 4) is 11.5 Å². The number of imide groups is 1. The number of primary amides is 1. The van der Waals surface area contributed by atoms with Gasteiger partial charge >= 0.3 is 6.03 Å². The highest BCUT2D eigenvalue weighted by Crippen LogP contribution is 2.38. The van der Waals surface area contributed by atoms with Crippen LogP contribution in [0.15, 0.2) is 18.2 Å². The van der Waals surface area contributed by atoms with Gasteiger partial charge in [0.15, 0.2) is 0 Å². The zero-order valence-electron chi connectivity index (χ0n) is 13.5. The van der Waals surface area contributed by atoms with Crippen molar-refractivity contribution in [1.82, 2.24) is 10.2 Å². The SMILES string of the molecule is COc1ccc(OC)c([C@H]2CCCN2CCC(=O)NC(N)=O)c1. The Kier molecular flexibility index (Phi) is 5.81. The first-order valence-electron chi connectivity index (χ1n) is 7.60. The second-order valence-corrected chi connectivity index (χ2v) is 5.46. The minimum absolute atomic E-state index is 0.168. The van der Waals surface area contributed by atoms with Gasteiger partial charge in [-0.2, -0.15) is 0 Å². The first-order valence-corrected chi connectivity index (χ1v) is 7.60. The van der Waals surface area contributed by atoms with Gasteiger partial charge in [0.05, 0.1) is 14.2 Å². The molecule has 0 unspecified atom stereocenters. The Bertz CT molecular complexity index is 576. The van der Waals surface area contributed by atoms with Crippen LogP contribution in [0.4, 0.5) is 4.79 Å². The highest BCUT2D eigenvalue weighted by molar-refractivity contribution is 5.93. The molecule has 3 amide bonds. The number of methoxy groups -OCH3 is 2. The zero-order valence-corrected chi connectivity index (χ0v) is 13.5. The van der Waals surface area contributed by atoms with Crippen molar-refractivity contribution in [1.29, 1.82) is 0 Å². The molecule has 2 rings (SSSR count). The topological polar surface area (TPSA) is 93.9 Å². The van der Waals surface area contributed by atoms with Gasteiger partial charge in [-0.15, -0.1) is 0 Å². The van der Waals surface area contributed by atoms with E-state index in [9.17, 15) is 9.59 Å². The van der Waals surface area contributed by atoms with E-state index in [4.69, 9.17) is 15.2 Å². The van der Waals surface area contributed by atoms with Gasteiger partial charge < -0.3 is 15.2 Å². The van der Waals surface area contributed by atoms with Crippen LogP contribution >= 0.6 is 0 Å². The third kappa shape index (κ3) is 4.35. The Balaban J connectivity index is 2.09. The molecule has 7 nitrogen and oxygen atoms in total. The Morgan fingerprint density at radius 3 is 2.78 bits per heavy atom. The lowest BCUT2D eigenvalue weighted by molar-refractivity contribution is -0.120. The van der Waals surface area contributed by atoms with Crippen LogP contribution in [0.3, 0.4) is 0 Å². The molecule has 1 aliphatic heterocycles. The van der Waals surface area contributed by atoms with Crippen LogP contribution in [0.5, 0.6) is 11.5 Å².